The van der Waals surface area contributed by atoms with Crippen LogP contribution in [0.3, 0.4) is 0 Å². The molecule has 4 nitrogen and oxygen atoms in total. The number of nitrogens with two attached hydrogens (primary N) is 1. The largest absolute Gasteiger partial charge is 0.377 e. The minimum Gasteiger partial charge on any atom is -0.377 e. The molecule has 2 rings (SSSR count). The first-order valence-corrected chi connectivity index (χ1v) is 8.41. The summed E-state index contributed by atoms with van der Waals surface area (Å²) < 4.78 is 5.50. The second-order valence-electron chi connectivity index (χ2n) is 6.01. The Morgan fingerprint density at radius 1 is 1.12 bits per heavy atom. The predicted molar refractivity (Wildman–Crippen MR) is 117 cm³/mol. The van der Waals surface area contributed by atoms with Gasteiger partial charge in [-0.1, -0.05) is 50.2 Å². The number of aliphatic imine (C=N–C) groups is 1. The van der Waals surface area contributed by atoms with Gasteiger partial charge in [0, 0.05) is 12.3 Å². The quantitative estimate of drug-likeness (QED) is 0.357. The second kappa shape index (κ2) is 11.1. The van der Waals surface area contributed by atoms with Gasteiger partial charge in [0.2, 0.25) is 0 Å². The van der Waals surface area contributed by atoms with Crippen molar-refractivity contribution in [1.29, 1.82) is 0 Å². The summed E-state index contributed by atoms with van der Waals surface area (Å²) in [5, 5.41) is 3.17. The Morgan fingerprint density at radius 3 is 2.52 bits per heavy atom. The van der Waals surface area contributed by atoms with E-state index in [1.807, 2.05) is 31.2 Å². The monoisotopic (exact) mass is 453 g/mol. The molecule has 0 bridgehead atoms. The lowest BCUT2D eigenvalue weighted by Crippen LogP contribution is -2.22. The lowest BCUT2D eigenvalue weighted by Gasteiger charge is -2.11. The third-order valence-corrected chi connectivity index (χ3v) is 3.83. The van der Waals surface area contributed by atoms with E-state index >= 15 is 0 Å². The highest BCUT2D eigenvalue weighted by Crippen LogP contribution is 2.18. The van der Waals surface area contributed by atoms with Gasteiger partial charge in [0.25, 0.3) is 0 Å². The Morgan fingerprint density at radius 2 is 1.84 bits per heavy atom. The number of hydrogen-bond donors (Lipinski definition) is 2. The van der Waals surface area contributed by atoms with Crippen LogP contribution in [0.5, 0.6) is 0 Å². The maximum atomic E-state index is 6.04. The van der Waals surface area contributed by atoms with Crippen LogP contribution in [-0.2, 0) is 17.9 Å². The Balaban J connectivity index is 0.00000312. The van der Waals surface area contributed by atoms with Crippen molar-refractivity contribution in [2.75, 3.05) is 11.9 Å². The summed E-state index contributed by atoms with van der Waals surface area (Å²) in [6.45, 7) is 8.18. The average Bonchev–Trinajstić information content (AvgIpc) is 2.59. The maximum absolute atomic E-state index is 6.04. The molecule has 0 aromatic heterocycles. The zero-order valence-electron chi connectivity index (χ0n) is 15.2. The van der Waals surface area contributed by atoms with Crippen LogP contribution in [0.4, 0.5) is 5.69 Å². The fourth-order valence-corrected chi connectivity index (χ4v) is 2.40. The molecule has 0 spiro atoms. The number of halogens is 1. The molecule has 0 saturated heterocycles. The molecule has 0 saturated carbocycles. The van der Waals surface area contributed by atoms with Crippen molar-refractivity contribution in [2.45, 2.75) is 39.8 Å². The third kappa shape index (κ3) is 7.04. The van der Waals surface area contributed by atoms with E-state index in [2.05, 4.69) is 48.4 Å². The van der Waals surface area contributed by atoms with Crippen LogP contribution in [0.15, 0.2) is 53.5 Å². The molecule has 0 heterocycles. The van der Waals surface area contributed by atoms with Crippen molar-refractivity contribution < 1.29 is 4.74 Å². The standard InChI is InChI=1S/C20H27N3O.HI/c1-4-24-14-18-9-6-5-8-17(18)13-22-20(21)23-19-11-7-10-16(12-19)15(2)3;/h5-12,15H,4,13-14H2,1-3H3,(H3,21,22,23);1H. The van der Waals surface area contributed by atoms with Crippen LogP contribution in [-0.4, -0.2) is 12.6 Å². The minimum atomic E-state index is 0. The van der Waals surface area contributed by atoms with E-state index in [4.69, 9.17) is 10.5 Å². The second-order valence-corrected chi connectivity index (χ2v) is 6.01. The first kappa shape index (κ1) is 21.4. The number of nitrogens with one attached hydrogen (secondary N) is 1. The number of hydrogen-bond acceptors (Lipinski definition) is 2. The fourth-order valence-electron chi connectivity index (χ4n) is 2.40. The number of benzene rings is 2. The summed E-state index contributed by atoms with van der Waals surface area (Å²) in [5.41, 5.74) is 10.6. The van der Waals surface area contributed by atoms with Crippen LogP contribution in [0.25, 0.3) is 0 Å². The molecule has 0 radical (unpaired) electrons. The Bertz CT molecular complexity index is 686. The van der Waals surface area contributed by atoms with E-state index in [1.54, 1.807) is 0 Å². The molecule has 5 heteroatoms. The molecule has 0 unspecified atom stereocenters. The molecule has 2 aromatic rings. The zero-order chi connectivity index (χ0) is 17.4. The summed E-state index contributed by atoms with van der Waals surface area (Å²) in [5.74, 6) is 0.900. The van der Waals surface area contributed by atoms with Gasteiger partial charge in [-0.3, -0.25) is 0 Å². The van der Waals surface area contributed by atoms with Crippen molar-refractivity contribution in [3.63, 3.8) is 0 Å². The van der Waals surface area contributed by atoms with E-state index in [-0.39, 0.29) is 24.0 Å². The number of rotatable bonds is 7. The number of guanidine groups is 1. The normalized spacial score (nSPS) is 11.3. The van der Waals surface area contributed by atoms with Crippen LogP contribution in [0, 0.1) is 0 Å². The van der Waals surface area contributed by atoms with E-state index < -0.39 is 0 Å². The molecule has 3 N–H and O–H groups in total. The highest BCUT2D eigenvalue weighted by Gasteiger charge is 2.03. The average molecular weight is 453 g/mol. The molecular weight excluding hydrogens is 425 g/mol. The van der Waals surface area contributed by atoms with E-state index in [9.17, 15) is 0 Å². The van der Waals surface area contributed by atoms with E-state index in [1.165, 1.54) is 5.56 Å². The molecular formula is C20H28IN3O. The van der Waals surface area contributed by atoms with E-state index in [0.29, 0.717) is 31.6 Å². The maximum Gasteiger partial charge on any atom is 0.193 e. The molecule has 0 atom stereocenters. The van der Waals surface area contributed by atoms with Crippen LogP contribution in [0.2, 0.25) is 0 Å². The van der Waals surface area contributed by atoms with Gasteiger partial charge in [0.05, 0.1) is 13.2 Å². The van der Waals surface area contributed by atoms with Crippen molar-refractivity contribution in [2.24, 2.45) is 10.7 Å². The van der Waals surface area contributed by atoms with Crippen LogP contribution >= 0.6 is 24.0 Å². The highest BCUT2D eigenvalue weighted by molar-refractivity contribution is 14.0. The fraction of sp³-hybridized carbons (Fsp3) is 0.350. The highest BCUT2D eigenvalue weighted by atomic mass is 127. The van der Waals surface area contributed by atoms with Gasteiger partial charge in [-0.2, -0.15) is 0 Å². The van der Waals surface area contributed by atoms with Gasteiger partial charge in [0.1, 0.15) is 0 Å². The van der Waals surface area contributed by atoms with Gasteiger partial charge in [-0.05, 0) is 41.7 Å². The van der Waals surface area contributed by atoms with Crippen molar-refractivity contribution in [1.82, 2.24) is 0 Å². The Kier molecular flexibility index (Phi) is 9.52. The minimum absolute atomic E-state index is 0. The molecule has 0 fully saturated rings. The van der Waals surface area contributed by atoms with Crippen LogP contribution in [0.1, 0.15) is 43.4 Å². The Hall–Kier alpha value is -1.60. The molecule has 0 aliphatic rings. The topological polar surface area (TPSA) is 59.6 Å². The summed E-state index contributed by atoms with van der Waals surface area (Å²) in [6, 6.07) is 16.4. The van der Waals surface area contributed by atoms with E-state index in [0.717, 1.165) is 16.8 Å². The van der Waals surface area contributed by atoms with Crippen LogP contribution < -0.4 is 11.1 Å². The van der Waals surface area contributed by atoms with Gasteiger partial charge in [-0.15, -0.1) is 24.0 Å². The van der Waals surface area contributed by atoms with Crippen molar-refractivity contribution >= 4 is 35.6 Å². The summed E-state index contributed by atoms with van der Waals surface area (Å²) in [6.07, 6.45) is 0. The number of anilines is 1. The first-order chi connectivity index (χ1) is 11.6. The summed E-state index contributed by atoms with van der Waals surface area (Å²) in [4.78, 5) is 4.46. The molecule has 25 heavy (non-hydrogen) atoms. The molecule has 0 amide bonds. The summed E-state index contributed by atoms with van der Waals surface area (Å²) >= 11 is 0. The number of ether oxygens (including phenoxy) is 1. The Labute approximate surface area is 167 Å². The van der Waals surface area contributed by atoms with Gasteiger partial charge in [-0.25, -0.2) is 4.99 Å². The first-order valence-electron chi connectivity index (χ1n) is 8.41. The molecule has 136 valence electrons. The lowest BCUT2D eigenvalue weighted by molar-refractivity contribution is 0.133. The zero-order valence-corrected chi connectivity index (χ0v) is 17.5. The summed E-state index contributed by atoms with van der Waals surface area (Å²) in [7, 11) is 0. The van der Waals surface area contributed by atoms with Gasteiger partial charge < -0.3 is 15.8 Å². The third-order valence-electron chi connectivity index (χ3n) is 3.83. The number of nitrogens with zero attached hydrogens (tertiary/aromatic N) is 1. The predicted octanol–water partition coefficient (Wildman–Crippen LogP) is 4.89. The SMILES string of the molecule is CCOCc1ccccc1CN=C(N)Nc1cccc(C(C)C)c1.I. The molecule has 0 aliphatic carbocycles. The van der Waals surface area contributed by atoms with Gasteiger partial charge in [0.15, 0.2) is 5.96 Å². The molecule has 2 aromatic carbocycles. The lowest BCUT2D eigenvalue weighted by atomic mass is 10.0. The molecule has 0 aliphatic heterocycles. The van der Waals surface area contributed by atoms with Crippen molar-refractivity contribution in [3.05, 3.63) is 65.2 Å². The van der Waals surface area contributed by atoms with Crippen molar-refractivity contribution in [3.8, 4) is 0 Å². The van der Waals surface area contributed by atoms with Gasteiger partial charge >= 0.3 is 0 Å². The smallest absolute Gasteiger partial charge is 0.193 e.